The molecule has 0 bridgehead atoms. The maximum Gasteiger partial charge on any atom is 0.239 e. The molecule has 1 aliphatic heterocycles. The van der Waals surface area contributed by atoms with Crippen molar-refractivity contribution in [3.63, 3.8) is 0 Å². The van der Waals surface area contributed by atoms with Gasteiger partial charge in [0.1, 0.15) is 0 Å². The number of hydrogen-bond donors (Lipinski definition) is 1. The van der Waals surface area contributed by atoms with Crippen molar-refractivity contribution >= 4 is 5.91 Å². The van der Waals surface area contributed by atoms with Gasteiger partial charge < -0.3 is 10.6 Å². The molecule has 1 fully saturated rings. The molecular formula is C12H24N2O. The summed E-state index contributed by atoms with van der Waals surface area (Å²) in [5.74, 6) is 1.31. The normalized spacial score (nSPS) is 33.9. The van der Waals surface area contributed by atoms with Crippen molar-refractivity contribution in [1.82, 2.24) is 4.90 Å². The van der Waals surface area contributed by atoms with Crippen LogP contribution in [0, 0.1) is 11.8 Å². The van der Waals surface area contributed by atoms with Gasteiger partial charge in [0.25, 0.3) is 0 Å². The molecule has 88 valence electrons. The van der Waals surface area contributed by atoms with Gasteiger partial charge in [-0.05, 0) is 31.6 Å². The third-order valence-electron chi connectivity index (χ3n) is 3.64. The first-order chi connectivity index (χ1) is 6.97. The van der Waals surface area contributed by atoms with Gasteiger partial charge in [0.2, 0.25) is 5.91 Å². The van der Waals surface area contributed by atoms with Crippen LogP contribution in [-0.2, 0) is 4.79 Å². The van der Waals surface area contributed by atoms with Gasteiger partial charge in [-0.15, -0.1) is 0 Å². The van der Waals surface area contributed by atoms with Crippen LogP contribution in [0.5, 0.6) is 0 Å². The Labute approximate surface area is 93.0 Å². The minimum Gasteiger partial charge on any atom is -0.338 e. The summed E-state index contributed by atoms with van der Waals surface area (Å²) in [5, 5.41) is 0. The molecule has 3 heteroatoms. The van der Waals surface area contributed by atoms with Crippen molar-refractivity contribution in [1.29, 1.82) is 0 Å². The lowest BCUT2D eigenvalue weighted by Gasteiger charge is -2.42. The maximum atomic E-state index is 12.0. The molecule has 1 heterocycles. The molecule has 0 spiro atoms. The van der Waals surface area contributed by atoms with E-state index in [0.717, 1.165) is 13.0 Å². The second kappa shape index (κ2) is 4.97. The molecule has 0 saturated carbocycles. The quantitative estimate of drug-likeness (QED) is 0.756. The highest BCUT2D eigenvalue weighted by molar-refractivity contribution is 5.82. The number of rotatable bonds is 2. The molecule has 1 rings (SSSR count). The van der Waals surface area contributed by atoms with E-state index in [2.05, 4.69) is 20.8 Å². The Kier molecular flexibility index (Phi) is 4.14. The molecule has 3 nitrogen and oxygen atoms in total. The summed E-state index contributed by atoms with van der Waals surface area (Å²) in [4.78, 5) is 14.0. The Hall–Kier alpha value is -0.570. The molecular weight excluding hydrogens is 188 g/mol. The van der Waals surface area contributed by atoms with Gasteiger partial charge in [0.05, 0.1) is 6.04 Å². The molecule has 1 aliphatic rings. The van der Waals surface area contributed by atoms with Gasteiger partial charge >= 0.3 is 0 Å². The predicted octanol–water partition coefficient (Wildman–Crippen LogP) is 1.62. The van der Waals surface area contributed by atoms with E-state index >= 15 is 0 Å². The molecule has 0 aromatic heterocycles. The first-order valence-electron chi connectivity index (χ1n) is 6.03. The van der Waals surface area contributed by atoms with Gasteiger partial charge in [0.15, 0.2) is 0 Å². The molecule has 0 aromatic carbocycles. The van der Waals surface area contributed by atoms with Crippen molar-refractivity contribution in [2.45, 2.75) is 52.6 Å². The zero-order chi connectivity index (χ0) is 11.6. The number of hydrogen-bond acceptors (Lipinski definition) is 2. The average Bonchev–Trinajstić information content (AvgIpc) is 2.21. The van der Waals surface area contributed by atoms with Crippen LogP contribution in [0.2, 0.25) is 0 Å². The van der Waals surface area contributed by atoms with E-state index < -0.39 is 0 Å². The molecule has 1 amide bonds. The number of piperidine rings is 1. The molecule has 0 aliphatic carbocycles. The standard InChI is InChI=1S/C12H24N2O/c1-5-11(13)12(15)14-7-8(2)6-9(3)10(14)4/h8-11H,5-7,13H2,1-4H3. The third-order valence-corrected chi connectivity index (χ3v) is 3.64. The summed E-state index contributed by atoms with van der Waals surface area (Å²) in [5.41, 5.74) is 5.81. The fraction of sp³-hybridized carbons (Fsp3) is 0.917. The molecule has 4 unspecified atom stereocenters. The van der Waals surface area contributed by atoms with Crippen LogP contribution in [0.1, 0.15) is 40.5 Å². The van der Waals surface area contributed by atoms with Crippen LogP contribution in [0.25, 0.3) is 0 Å². The van der Waals surface area contributed by atoms with Crippen LogP contribution < -0.4 is 5.73 Å². The van der Waals surface area contributed by atoms with Crippen LogP contribution in [-0.4, -0.2) is 29.4 Å². The molecule has 15 heavy (non-hydrogen) atoms. The lowest BCUT2D eigenvalue weighted by Crippen LogP contribution is -2.53. The second-order valence-corrected chi connectivity index (χ2v) is 5.06. The summed E-state index contributed by atoms with van der Waals surface area (Å²) in [7, 11) is 0. The topological polar surface area (TPSA) is 46.3 Å². The van der Waals surface area contributed by atoms with E-state index in [-0.39, 0.29) is 11.9 Å². The first-order valence-corrected chi connectivity index (χ1v) is 6.03. The smallest absolute Gasteiger partial charge is 0.239 e. The van der Waals surface area contributed by atoms with Gasteiger partial charge in [-0.2, -0.15) is 0 Å². The van der Waals surface area contributed by atoms with Gasteiger partial charge in [0, 0.05) is 12.6 Å². The van der Waals surface area contributed by atoms with Crippen LogP contribution in [0.15, 0.2) is 0 Å². The van der Waals surface area contributed by atoms with E-state index in [4.69, 9.17) is 5.73 Å². The number of nitrogens with two attached hydrogens (primary N) is 1. The highest BCUT2D eigenvalue weighted by Crippen LogP contribution is 2.27. The second-order valence-electron chi connectivity index (χ2n) is 5.06. The Morgan fingerprint density at radius 2 is 2.07 bits per heavy atom. The Balaban J connectivity index is 2.70. The van der Waals surface area contributed by atoms with Crippen LogP contribution in [0.4, 0.5) is 0 Å². The minimum atomic E-state index is -0.315. The van der Waals surface area contributed by atoms with Crippen molar-refractivity contribution in [3.05, 3.63) is 0 Å². The summed E-state index contributed by atoms with van der Waals surface area (Å²) < 4.78 is 0. The zero-order valence-electron chi connectivity index (χ0n) is 10.4. The molecule has 0 radical (unpaired) electrons. The Morgan fingerprint density at radius 1 is 1.47 bits per heavy atom. The number of carbonyl (C=O) groups is 1. The lowest BCUT2D eigenvalue weighted by atomic mass is 9.85. The van der Waals surface area contributed by atoms with E-state index in [1.54, 1.807) is 0 Å². The predicted molar refractivity (Wildman–Crippen MR) is 62.4 cm³/mol. The van der Waals surface area contributed by atoms with E-state index in [1.165, 1.54) is 6.42 Å². The Morgan fingerprint density at radius 3 is 2.60 bits per heavy atom. The highest BCUT2D eigenvalue weighted by atomic mass is 16.2. The molecule has 1 saturated heterocycles. The Bertz CT molecular complexity index is 230. The zero-order valence-corrected chi connectivity index (χ0v) is 10.4. The summed E-state index contributed by atoms with van der Waals surface area (Å²) in [6, 6.07) is 0.0243. The number of likely N-dealkylation sites (tertiary alicyclic amines) is 1. The van der Waals surface area contributed by atoms with Crippen molar-refractivity contribution < 1.29 is 4.79 Å². The van der Waals surface area contributed by atoms with Crippen molar-refractivity contribution in [2.75, 3.05) is 6.54 Å². The summed E-state index contributed by atoms with van der Waals surface area (Å²) in [6.07, 6.45) is 1.94. The largest absolute Gasteiger partial charge is 0.338 e. The lowest BCUT2D eigenvalue weighted by molar-refractivity contribution is -0.138. The number of nitrogens with zero attached hydrogens (tertiary/aromatic N) is 1. The SMILES string of the molecule is CCC(N)C(=O)N1CC(C)CC(C)C1C. The fourth-order valence-corrected chi connectivity index (χ4v) is 2.39. The third kappa shape index (κ3) is 2.71. The van der Waals surface area contributed by atoms with E-state index in [1.807, 2.05) is 11.8 Å². The van der Waals surface area contributed by atoms with Gasteiger partial charge in [-0.25, -0.2) is 0 Å². The number of amides is 1. The summed E-state index contributed by atoms with van der Waals surface area (Å²) in [6.45, 7) is 9.40. The molecule has 0 aromatic rings. The molecule has 4 atom stereocenters. The van der Waals surface area contributed by atoms with Crippen molar-refractivity contribution in [3.8, 4) is 0 Å². The van der Waals surface area contributed by atoms with Crippen LogP contribution in [0.3, 0.4) is 0 Å². The van der Waals surface area contributed by atoms with E-state index in [0.29, 0.717) is 17.9 Å². The maximum absolute atomic E-state index is 12.0. The van der Waals surface area contributed by atoms with Crippen LogP contribution >= 0.6 is 0 Å². The average molecular weight is 212 g/mol. The van der Waals surface area contributed by atoms with Crippen molar-refractivity contribution in [2.24, 2.45) is 17.6 Å². The molecule has 2 N–H and O–H groups in total. The summed E-state index contributed by atoms with van der Waals surface area (Å²) >= 11 is 0. The highest BCUT2D eigenvalue weighted by Gasteiger charge is 2.33. The van der Waals surface area contributed by atoms with E-state index in [9.17, 15) is 4.79 Å². The fourth-order valence-electron chi connectivity index (χ4n) is 2.39. The number of carbonyl (C=O) groups excluding carboxylic acids is 1. The monoisotopic (exact) mass is 212 g/mol. The van der Waals surface area contributed by atoms with Gasteiger partial charge in [-0.3, -0.25) is 4.79 Å². The van der Waals surface area contributed by atoms with Gasteiger partial charge in [-0.1, -0.05) is 20.8 Å². The minimum absolute atomic E-state index is 0.128. The first kappa shape index (κ1) is 12.5.